The van der Waals surface area contributed by atoms with Gasteiger partial charge >= 0.3 is 29.6 Å². The summed E-state index contributed by atoms with van der Waals surface area (Å²) < 4.78 is 0. The molecule has 0 aromatic carbocycles. The average Bonchev–Trinajstić information content (AvgIpc) is 2.53. The summed E-state index contributed by atoms with van der Waals surface area (Å²) in [5.41, 5.74) is 0. The number of carboxylic acid groups (broad SMARTS) is 1. The van der Waals surface area contributed by atoms with Gasteiger partial charge in [0.2, 0.25) is 0 Å². The molecule has 142 valence electrons. The van der Waals surface area contributed by atoms with E-state index in [4.69, 9.17) is 0 Å². The molecule has 0 saturated carbocycles. The van der Waals surface area contributed by atoms with Gasteiger partial charge in [0.15, 0.2) is 0 Å². The van der Waals surface area contributed by atoms with Crippen LogP contribution >= 0.6 is 0 Å². The Kier molecular flexibility index (Phi) is 24.3. The van der Waals surface area contributed by atoms with Gasteiger partial charge in [-0.3, -0.25) is 0 Å². The first-order valence-corrected chi connectivity index (χ1v) is 10.2. The third kappa shape index (κ3) is 24.2. The first-order valence-electron chi connectivity index (χ1n) is 10.2. The van der Waals surface area contributed by atoms with E-state index in [-0.39, 0.29) is 36.1 Å². The Morgan fingerprint density at radius 2 is 1.24 bits per heavy atom. The van der Waals surface area contributed by atoms with Gasteiger partial charge in [-0.15, -0.1) is 0 Å². The summed E-state index contributed by atoms with van der Waals surface area (Å²) >= 11 is 0. The van der Waals surface area contributed by atoms with E-state index in [0.29, 0.717) is 0 Å². The summed E-state index contributed by atoms with van der Waals surface area (Å²) in [6.07, 6.45) is 23.0. The number of hydrogen-bond acceptors (Lipinski definition) is 3. The molecule has 0 atom stereocenters. The third-order valence-electron chi connectivity index (χ3n) is 4.45. The average molecular weight is 362 g/mol. The van der Waals surface area contributed by atoms with Crippen LogP contribution in [0.2, 0.25) is 0 Å². The fourth-order valence-corrected chi connectivity index (χ4v) is 2.93. The van der Waals surface area contributed by atoms with Gasteiger partial charge in [-0.05, 0) is 45.7 Å². The molecule has 0 radical (unpaired) electrons. The third-order valence-corrected chi connectivity index (χ3v) is 4.45. The molecule has 25 heavy (non-hydrogen) atoms. The largest absolute Gasteiger partial charge is 1.00 e. The molecule has 0 bridgehead atoms. The number of carbonyl (C=O) groups excluding carboxylic acids is 1. The zero-order chi connectivity index (χ0) is 17.9. The second-order valence-electron chi connectivity index (χ2n) is 7.05. The second-order valence-corrected chi connectivity index (χ2v) is 7.05. The molecule has 0 N–H and O–H groups in total. The van der Waals surface area contributed by atoms with Gasteiger partial charge in [-0.1, -0.05) is 76.9 Å². The topological polar surface area (TPSA) is 43.4 Å². The number of likely N-dealkylation sites (N-methyl/N-ethyl adjacent to an activating group) is 1. The Morgan fingerprint density at radius 3 is 1.72 bits per heavy atom. The van der Waals surface area contributed by atoms with Crippen LogP contribution in [0.25, 0.3) is 0 Å². The number of nitrogens with zero attached hydrogens (tertiary/aromatic N) is 1. The molecule has 3 nitrogen and oxygen atoms in total. The van der Waals surface area contributed by atoms with Crippen molar-refractivity contribution in [1.29, 1.82) is 0 Å². The van der Waals surface area contributed by atoms with Crippen LogP contribution in [0.3, 0.4) is 0 Å². The maximum atomic E-state index is 10.4. The van der Waals surface area contributed by atoms with Crippen LogP contribution in [0.1, 0.15) is 96.8 Å². The van der Waals surface area contributed by atoms with Crippen molar-refractivity contribution in [3.63, 3.8) is 0 Å². The Balaban J connectivity index is 0. The Labute approximate surface area is 178 Å². The van der Waals surface area contributed by atoms with E-state index in [9.17, 15) is 9.90 Å². The summed E-state index contributed by atoms with van der Waals surface area (Å²) in [7, 11) is 1.84. The number of unbranched alkanes of at least 4 members (excludes halogenated alkanes) is 12. The van der Waals surface area contributed by atoms with Crippen LogP contribution in [0, 0.1) is 0 Å². The van der Waals surface area contributed by atoms with Crippen LogP contribution in [-0.2, 0) is 4.79 Å². The molecular weight excluding hydrogens is 321 g/mol. The number of hydrogen-bond donors (Lipinski definition) is 0. The van der Waals surface area contributed by atoms with E-state index in [1.165, 1.54) is 83.5 Å². The molecule has 0 aliphatic rings. The van der Waals surface area contributed by atoms with E-state index < -0.39 is 5.97 Å². The van der Waals surface area contributed by atoms with Crippen molar-refractivity contribution in [1.82, 2.24) is 4.90 Å². The standard InChI is InChI=1S/C21H41NO2.Na/c1-3-4-5-6-7-8-9-10-11-12-13-14-15-16-17-18-19-22(2)20-21(23)24;/h10-11H,3-9,12-20H2,1-2H3,(H,23,24);/q;+1/p-1/b11-10-;. The summed E-state index contributed by atoms with van der Waals surface area (Å²) in [6, 6.07) is 0. The Morgan fingerprint density at radius 1 is 0.800 bits per heavy atom. The molecule has 0 rings (SSSR count). The molecule has 0 fully saturated rings. The van der Waals surface area contributed by atoms with Crippen molar-refractivity contribution in [2.75, 3.05) is 20.1 Å². The molecule has 0 aromatic heterocycles. The van der Waals surface area contributed by atoms with Crippen molar-refractivity contribution in [2.24, 2.45) is 0 Å². The maximum Gasteiger partial charge on any atom is 1.00 e. The predicted molar refractivity (Wildman–Crippen MR) is 102 cm³/mol. The van der Waals surface area contributed by atoms with E-state index in [0.717, 1.165) is 13.0 Å². The van der Waals surface area contributed by atoms with Crippen molar-refractivity contribution < 1.29 is 39.5 Å². The smallest absolute Gasteiger partial charge is 0.549 e. The number of aliphatic carboxylic acids is 1. The molecular formula is C21H40NNaO2. The Bertz CT molecular complexity index is 308. The monoisotopic (exact) mass is 361 g/mol. The van der Waals surface area contributed by atoms with E-state index in [2.05, 4.69) is 19.1 Å². The second kappa shape index (κ2) is 22.2. The minimum Gasteiger partial charge on any atom is -0.549 e. The van der Waals surface area contributed by atoms with Crippen molar-refractivity contribution in [3.05, 3.63) is 12.2 Å². The molecule has 0 heterocycles. The molecule has 0 aromatic rings. The van der Waals surface area contributed by atoms with Crippen LogP contribution < -0.4 is 34.7 Å². The fourth-order valence-electron chi connectivity index (χ4n) is 2.93. The summed E-state index contributed by atoms with van der Waals surface area (Å²) in [5.74, 6) is -0.984. The van der Waals surface area contributed by atoms with Crippen molar-refractivity contribution in [3.8, 4) is 0 Å². The Hall–Kier alpha value is 0.170. The molecule has 0 aliphatic carbocycles. The van der Waals surface area contributed by atoms with Gasteiger partial charge in [0.05, 0.1) is 5.97 Å². The number of rotatable bonds is 18. The van der Waals surface area contributed by atoms with Gasteiger partial charge in [-0.25, -0.2) is 0 Å². The van der Waals surface area contributed by atoms with Gasteiger partial charge < -0.3 is 14.8 Å². The van der Waals surface area contributed by atoms with Crippen molar-refractivity contribution in [2.45, 2.75) is 96.8 Å². The fraction of sp³-hybridized carbons (Fsp3) is 0.857. The quantitative estimate of drug-likeness (QED) is 0.212. The van der Waals surface area contributed by atoms with Gasteiger partial charge in [0, 0.05) is 6.54 Å². The number of carboxylic acids is 1. The minimum atomic E-state index is -0.984. The number of carbonyl (C=O) groups is 1. The van der Waals surface area contributed by atoms with Crippen LogP contribution in [-0.4, -0.2) is 31.0 Å². The van der Waals surface area contributed by atoms with E-state index >= 15 is 0 Å². The first kappa shape index (κ1) is 27.4. The minimum absolute atomic E-state index is 0. The van der Waals surface area contributed by atoms with Gasteiger partial charge in [0.25, 0.3) is 0 Å². The maximum absolute atomic E-state index is 10.4. The molecule has 0 spiro atoms. The number of allylic oxidation sites excluding steroid dienone is 2. The SMILES string of the molecule is CCCCCCCC/C=C\CCCCCCCCN(C)CC(=O)[O-].[Na+]. The predicted octanol–water partition coefficient (Wildman–Crippen LogP) is 1.71. The summed E-state index contributed by atoms with van der Waals surface area (Å²) in [4.78, 5) is 12.2. The molecule has 0 amide bonds. The van der Waals surface area contributed by atoms with E-state index in [1.807, 2.05) is 11.9 Å². The summed E-state index contributed by atoms with van der Waals surface area (Å²) in [5, 5.41) is 10.4. The van der Waals surface area contributed by atoms with Crippen LogP contribution in [0.15, 0.2) is 12.2 Å². The van der Waals surface area contributed by atoms with Gasteiger partial charge in [-0.2, -0.15) is 0 Å². The normalized spacial score (nSPS) is 11.2. The molecule has 0 aliphatic heterocycles. The van der Waals surface area contributed by atoms with Gasteiger partial charge in [0.1, 0.15) is 0 Å². The van der Waals surface area contributed by atoms with Crippen LogP contribution in [0.4, 0.5) is 0 Å². The van der Waals surface area contributed by atoms with Crippen molar-refractivity contribution >= 4 is 5.97 Å². The zero-order valence-electron chi connectivity index (χ0n) is 17.2. The molecule has 0 unspecified atom stereocenters. The molecule has 0 saturated heterocycles. The molecule has 4 heteroatoms. The first-order chi connectivity index (χ1) is 11.7. The zero-order valence-corrected chi connectivity index (χ0v) is 19.2. The summed E-state index contributed by atoms with van der Waals surface area (Å²) in [6.45, 7) is 3.17. The van der Waals surface area contributed by atoms with Crippen LogP contribution in [0.5, 0.6) is 0 Å². The van der Waals surface area contributed by atoms with E-state index in [1.54, 1.807) is 0 Å².